The molecule has 5 nitrogen and oxygen atoms in total. The highest BCUT2D eigenvalue weighted by Gasteiger charge is 2.32. The summed E-state index contributed by atoms with van der Waals surface area (Å²) in [6.45, 7) is 3.17. The van der Waals surface area contributed by atoms with Crippen molar-refractivity contribution in [2.24, 2.45) is 5.92 Å². The third kappa shape index (κ3) is 3.69. The van der Waals surface area contributed by atoms with E-state index in [0.29, 0.717) is 19.4 Å². The lowest BCUT2D eigenvalue weighted by atomic mass is 9.93. The Morgan fingerprint density at radius 3 is 2.74 bits per heavy atom. The van der Waals surface area contributed by atoms with Crippen LogP contribution in [0.1, 0.15) is 45.4 Å². The van der Waals surface area contributed by atoms with Crippen LogP contribution >= 0.6 is 0 Å². The first kappa shape index (κ1) is 14.3. The molecule has 3 atom stereocenters. The number of carbonyl (C=O) groups is 2. The zero-order valence-electron chi connectivity index (χ0n) is 11.5. The summed E-state index contributed by atoms with van der Waals surface area (Å²) in [6.07, 6.45) is 5.04. The highest BCUT2D eigenvalue weighted by Crippen LogP contribution is 2.24. The summed E-state index contributed by atoms with van der Waals surface area (Å²) in [5.74, 6) is -1.11. The molecule has 0 aliphatic carbocycles. The fourth-order valence-corrected chi connectivity index (χ4v) is 2.96. The number of piperidine rings is 1. The Kier molecular flexibility index (Phi) is 4.80. The van der Waals surface area contributed by atoms with Gasteiger partial charge >= 0.3 is 5.97 Å². The van der Waals surface area contributed by atoms with E-state index in [2.05, 4.69) is 0 Å². The molecule has 3 unspecified atom stereocenters. The minimum atomic E-state index is -0.788. The molecule has 2 aliphatic rings. The van der Waals surface area contributed by atoms with Gasteiger partial charge in [0.15, 0.2) is 0 Å². The molecule has 0 spiro atoms. The van der Waals surface area contributed by atoms with E-state index < -0.39 is 11.9 Å². The summed E-state index contributed by atoms with van der Waals surface area (Å²) in [5, 5.41) is 9.07. The van der Waals surface area contributed by atoms with E-state index >= 15 is 0 Å². The summed E-state index contributed by atoms with van der Waals surface area (Å²) in [6, 6.07) is 0.160. The maximum absolute atomic E-state index is 12.2. The van der Waals surface area contributed by atoms with Gasteiger partial charge < -0.3 is 14.7 Å². The van der Waals surface area contributed by atoms with Crippen molar-refractivity contribution in [2.45, 2.75) is 57.6 Å². The molecule has 1 N–H and O–H groups in total. The van der Waals surface area contributed by atoms with E-state index in [1.54, 1.807) is 4.90 Å². The molecule has 1 amide bonds. The van der Waals surface area contributed by atoms with Crippen LogP contribution in [-0.2, 0) is 14.3 Å². The van der Waals surface area contributed by atoms with Crippen LogP contribution in [-0.4, -0.2) is 47.2 Å². The molecule has 2 fully saturated rings. The molecule has 0 aromatic carbocycles. The molecular weight excluding hydrogens is 246 g/mol. The molecule has 0 bridgehead atoms. The van der Waals surface area contributed by atoms with Gasteiger partial charge in [-0.05, 0) is 39.0 Å². The number of hydrogen-bond acceptors (Lipinski definition) is 3. The van der Waals surface area contributed by atoms with Gasteiger partial charge in [0.05, 0.1) is 12.0 Å². The highest BCUT2D eigenvalue weighted by molar-refractivity contribution is 5.78. The van der Waals surface area contributed by atoms with Crippen LogP contribution in [0.5, 0.6) is 0 Å². The number of amides is 1. The van der Waals surface area contributed by atoms with Gasteiger partial charge in [-0.2, -0.15) is 0 Å². The standard InChI is InChI=1S/C14H23NO4/c1-10-4-5-11(14(17)18)9-15(10)13(16)7-6-12-3-2-8-19-12/h10-12H,2-9H2,1H3,(H,17,18). The average Bonchev–Trinajstić information content (AvgIpc) is 2.89. The smallest absolute Gasteiger partial charge is 0.308 e. The molecule has 2 heterocycles. The van der Waals surface area contributed by atoms with Gasteiger partial charge in [-0.25, -0.2) is 0 Å². The number of carboxylic acid groups (broad SMARTS) is 1. The Morgan fingerprint density at radius 2 is 2.11 bits per heavy atom. The molecule has 0 aromatic heterocycles. The molecule has 108 valence electrons. The number of nitrogens with zero attached hydrogens (tertiary/aromatic N) is 1. The first-order valence-corrected chi connectivity index (χ1v) is 7.22. The van der Waals surface area contributed by atoms with Crippen molar-refractivity contribution < 1.29 is 19.4 Å². The third-order valence-electron chi connectivity index (χ3n) is 4.26. The number of hydrogen-bond donors (Lipinski definition) is 1. The second-order valence-electron chi connectivity index (χ2n) is 5.68. The fraction of sp³-hybridized carbons (Fsp3) is 0.857. The number of carbonyl (C=O) groups excluding carboxylic acids is 1. The molecular formula is C14H23NO4. The van der Waals surface area contributed by atoms with Crippen LogP contribution in [0.4, 0.5) is 0 Å². The van der Waals surface area contributed by atoms with Gasteiger partial charge in [0, 0.05) is 25.6 Å². The Labute approximate surface area is 113 Å². The summed E-state index contributed by atoms with van der Waals surface area (Å²) >= 11 is 0. The molecule has 5 heteroatoms. The predicted molar refractivity (Wildman–Crippen MR) is 69.7 cm³/mol. The SMILES string of the molecule is CC1CCC(C(=O)O)CN1C(=O)CCC1CCCO1. The van der Waals surface area contributed by atoms with Crippen LogP contribution < -0.4 is 0 Å². The first-order chi connectivity index (χ1) is 9.08. The number of ether oxygens (including phenoxy) is 1. The maximum atomic E-state index is 12.2. The van der Waals surface area contributed by atoms with E-state index in [1.165, 1.54) is 0 Å². The van der Waals surface area contributed by atoms with Crippen molar-refractivity contribution in [1.82, 2.24) is 4.90 Å². The average molecular weight is 269 g/mol. The number of likely N-dealkylation sites (tertiary alicyclic amines) is 1. The van der Waals surface area contributed by atoms with Crippen LogP contribution in [0.25, 0.3) is 0 Å². The van der Waals surface area contributed by atoms with Crippen molar-refractivity contribution in [3.05, 3.63) is 0 Å². The quantitative estimate of drug-likeness (QED) is 0.843. The van der Waals surface area contributed by atoms with E-state index in [9.17, 15) is 9.59 Å². The van der Waals surface area contributed by atoms with Crippen molar-refractivity contribution in [3.8, 4) is 0 Å². The molecule has 0 aromatic rings. The summed E-state index contributed by atoms with van der Waals surface area (Å²) < 4.78 is 5.51. The van der Waals surface area contributed by atoms with Crippen LogP contribution in [0.2, 0.25) is 0 Å². The minimum absolute atomic E-state index is 0.0777. The fourth-order valence-electron chi connectivity index (χ4n) is 2.96. The van der Waals surface area contributed by atoms with Gasteiger partial charge in [0.2, 0.25) is 5.91 Å². The van der Waals surface area contributed by atoms with Crippen molar-refractivity contribution in [1.29, 1.82) is 0 Å². The molecule has 0 radical (unpaired) electrons. The molecule has 2 rings (SSSR count). The van der Waals surface area contributed by atoms with Crippen molar-refractivity contribution in [3.63, 3.8) is 0 Å². The lowest BCUT2D eigenvalue weighted by molar-refractivity contribution is -0.147. The number of rotatable bonds is 4. The van der Waals surface area contributed by atoms with Crippen molar-refractivity contribution >= 4 is 11.9 Å². The van der Waals surface area contributed by atoms with Crippen LogP contribution in [0.15, 0.2) is 0 Å². The van der Waals surface area contributed by atoms with Gasteiger partial charge in [0.25, 0.3) is 0 Å². The Hall–Kier alpha value is -1.10. The molecule has 2 aliphatic heterocycles. The lowest BCUT2D eigenvalue weighted by Gasteiger charge is -2.36. The normalized spacial score (nSPS) is 31.4. The minimum Gasteiger partial charge on any atom is -0.481 e. The first-order valence-electron chi connectivity index (χ1n) is 7.22. The number of aliphatic carboxylic acids is 1. The van der Waals surface area contributed by atoms with Gasteiger partial charge in [-0.15, -0.1) is 0 Å². The zero-order valence-corrected chi connectivity index (χ0v) is 11.5. The Balaban J connectivity index is 1.83. The lowest BCUT2D eigenvalue weighted by Crippen LogP contribution is -2.47. The summed E-state index contributed by atoms with van der Waals surface area (Å²) in [7, 11) is 0. The summed E-state index contributed by atoms with van der Waals surface area (Å²) in [4.78, 5) is 25.0. The number of carboxylic acids is 1. The maximum Gasteiger partial charge on any atom is 0.308 e. The zero-order chi connectivity index (χ0) is 13.8. The Morgan fingerprint density at radius 1 is 1.32 bits per heavy atom. The monoisotopic (exact) mass is 269 g/mol. The van der Waals surface area contributed by atoms with Gasteiger partial charge in [-0.3, -0.25) is 9.59 Å². The van der Waals surface area contributed by atoms with Gasteiger partial charge in [0.1, 0.15) is 0 Å². The molecule has 19 heavy (non-hydrogen) atoms. The van der Waals surface area contributed by atoms with Crippen molar-refractivity contribution in [2.75, 3.05) is 13.2 Å². The topological polar surface area (TPSA) is 66.8 Å². The predicted octanol–water partition coefficient (Wildman–Crippen LogP) is 1.66. The van der Waals surface area contributed by atoms with E-state index in [4.69, 9.17) is 9.84 Å². The largest absolute Gasteiger partial charge is 0.481 e. The van der Waals surface area contributed by atoms with E-state index in [1.807, 2.05) is 6.92 Å². The van der Waals surface area contributed by atoms with Crippen LogP contribution in [0.3, 0.4) is 0 Å². The van der Waals surface area contributed by atoms with E-state index in [-0.39, 0.29) is 18.1 Å². The summed E-state index contributed by atoms with van der Waals surface area (Å²) in [5.41, 5.74) is 0. The van der Waals surface area contributed by atoms with Crippen LogP contribution in [0, 0.1) is 5.92 Å². The second-order valence-corrected chi connectivity index (χ2v) is 5.68. The molecule has 2 saturated heterocycles. The molecule has 0 saturated carbocycles. The third-order valence-corrected chi connectivity index (χ3v) is 4.26. The van der Waals surface area contributed by atoms with E-state index in [0.717, 1.165) is 32.3 Å². The Bertz CT molecular complexity index is 338. The second kappa shape index (κ2) is 6.37. The highest BCUT2D eigenvalue weighted by atomic mass is 16.5. The van der Waals surface area contributed by atoms with Gasteiger partial charge in [-0.1, -0.05) is 0 Å².